The fourth-order valence-corrected chi connectivity index (χ4v) is 11.5. The van der Waals surface area contributed by atoms with Crippen LogP contribution in [-0.2, 0) is 23.2 Å². The Morgan fingerprint density at radius 3 is 2.23 bits per heavy atom. The van der Waals surface area contributed by atoms with E-state index >= 15 is 0 Å². The van der Waals surface area contributed by atoms with Crippen molar-refractivity contribution in [1.29, 1.82) is 0 Å². The molecule has 9 rings (SSSR count). The first-order chi connectivity index (χ1) is 31.2. The number of hydrogen-bond acceptors (Lipinski definition) is 13. The molecule has 17 heteroatoms. The number of imide groups is 2. The summed E-state index contributed by atoms with van der Waals surface area (Å²) in [5.74, 6) is 0.140. The second-order valence-corrected chi connectivity index (χ2v) is 19.4. The number of piperidine rings is 1. The first-order valence-electron chi connectivity index (χ1n) is 22.3. The van der Waals surface area contributed by atoms with Crippen LogP contribution in [0.4, 0.5) is 5.69 Å². The SMILES string of the molecule is C=C(CCN1CCN(c2ccc3c(c2)C(=O)N(C2CCC(=O)NC2=O)C3=O)CC1)N1CC2CC(NC(=O)c3cc4c(=O)n(C)cc(-c5cc(OC)c(CN(C)C)c(OC)c5)c4s3)CC2C1. The molecular formula is C48H56N8O8S. The molecule has 2 N–H and O–H groups in total. The molecule has 3 saturated heterocycles. The van der Waals surface area contributed by atoms with E-state index in [0.717, 1.165) is 103 Å². The summed E-state index contributed by atoms with van der Waals surface area (Å²) in [4.78, 5) is 88.5. The number of benzene rings is 2. The number of nitrogens with zero attached hydrogens (tertiary/aromatic N) is 6. The zero-order valence-corrected chi connectivity index (χ0v) is 38.4. The van der Waals surface area contributed by atoms with Gasteiger partial charge in [-0.25, -0.2) is 0 Å². The zero-order chi connectivity index (χ0) is 45.8. The highest BCUT2D eigenvalue weighted by atomic mass is 32.1. The topological polar surface area (TPSA) is 166 Å². The Bertz CT molecular complexity index is 2640. The summed E-state index contributed by atoms with van der Waals surface area (Å²) < 4.78 is 13.9. The normalized spacial score (nSPS) is 22.2. The predicted octanol–water partition coefficient (Wildman–Crippen LogP) is 3.91. The molecule has 1 aliphatic carbocycles. The average molecular weight is 905 g/mol. The minimum absolute atomic E-state index is 0.0584. The van der Waals surface area contributed by atoms with Crippen LogP contribution in [0.25, 0.3) is 21.2 Å². The van der Waals surface area contributed by atoms with Gasteiger partial charge in [0.25, 0.3) is 23.3 Å². The number of aromatic nitrogens is 1. The van der Waals surface area contributed by atoms with Gasteiger partial charge in [-0.05, 0) is 93.6 Å². The molecule has 1 saturated carbocycles. The lowest BCUT2D eigenvalue weighted by molar-refractivity contribution is -0.136. The van der Waals surface area contributed by atoms with Gasteiger partial charge in [-0.3, -0.25) is 43.9 Å². The number of ether oxygens (including phenoxy) is 2. The minimum atomic E-state index is -0.985. The number of rotatable bonds is 13. The maximum atomic E-state index is 13.8. The van der Waals surface area contributed by atoms with Crippen LogP contribution in [0.3, 0.4) is 0 Å². The Hall–Kier alpha value is -6.04. The Balaban J connectivity index is 0.761. The molecule has 4 aromatic rings. The number of piperazine rings is 1. The van der Waals surface area contributed by atoms with Crippen molar-refractivity contribution in [3.05, 3.63) is 86.8 Å². The predicted molar refractivity (Wildman–Crippen MR) is 248 cm³/mol. The lowest BCUT2D eigenvalue weighted by Gasteiger charge is -2.36. The van der Waals surface area contributed by atoms with Crippen LogP contribution in [0.1, 0.15) is 68.1 Å². The molecule has 0 spiro atoms. The van der Waals surface area contributed by atoms with Crippen molar-refractivity contribution in [3.63, 3.8) is 0 Å². The molecule has 3 atom stereocenters. The largest absolute Gasteiger partial charge is 0.496 e. The summed E-state index contributed by atoms with van der Waals surface area (Å²) in [6.45, 7) is 11.1. The molecule has 6 heterocycles. The van der Waals surface area contributed by atoms with E-state index in [4.69, 9.17) is 9.47 Å². The first kappa shape index (κ1) is 44.2. The molecule has 4 fully saturated rings. The Labute approximate surface area is 381 Å². The molecule has 2 aromatic carbocycles. The lowest BCUT2D eigenvalue weighted by Crippen LogP contribution is -2.54. The Morgan fingerprint density at radius 1 is 0.908 bits per heavy atom. The number of nitrogens with one attached hydrogen (secondary N) is 2. The Morgan fingerprint density at radius 2 is 1.58 bits per heavy atom. The van der Waals surface area contributed by atoms with Gasteiger partial charge < -0.3 is 34.1 Å². The number of likely N-dealkylation sites (tertiary alicyclic amines) is 1. The van der Waals surface area contributed by atoms with Gasteiger partial charge in [-0.2, -0.15) is 0 Å². The molecule has 342 valence electrons. The standard InChI is InChI=1S/C48H56N8O8S/c1-27(11-12-53-13-15-54(16-14-53)32-7-8-33-34(21-32)48(62)56(47(33)61)38-9-10-42(57)50-44(38)58)55-23-29-17-31(18-30(29)24-55)49-45(59)41-22-35-43(65-41)36(26-52(4)46(35)60)28-19-39(63-5)37(25-51(2)3)40(20-28)64-6/h7-8,19-22,26,29-31,38H,1,9-18,23-25H2,2-6H3,(H,49,59)(H,50,57,58). The quantitative estimate of drug-likeness (QED) is 0.186. The summed E-state index contributed by atoms with van der Waals surface area (Å²) in [6, 6.07) is 10.0. The van der Waals surface area contributed by atoms with Crippen molar-refractivity contribution >= 4 is 56.6 Å². The summed E-state index contributed by atoms with van der Waals surface area (Å²) in [7, 11) is 8.98. The average Bonchev–Trinajstić information content (AvgIpc) is 4.06. The van der Waals surface area contributed by atoms with Gasteiger partial charge in [0.05, 0.1) is 41.2 Å². The second-order valence-electron chi connectivity index (χ2n) is 18.3. The van der Waals surface area contributed by atoms with Crippen LogP contribution in [0.5, 0.6) is 11.5 Å². The van der Waals surface area contributed by atoms with E-state index in [1.807, 2.05) is 43.4 Å². The van der Waals surface area contributed by atoms with E-state index in [1.165, 1.54) is 11.3 Å². The molecule has 4 aliphatic heterocycles. The fraction of sp³-hybridized carbons (Fsp3) is 0.458. The van der Waals surface area contributed by atoms with Crippen molar-refractivity contribution < 1.29 is 33.4 Å². The second kappa shape index (κ2) is 17.7. The molecular weight excluding hydrogens is 849 g/mol. The van der Waals surface area contributed by atoms with E-state index in [9.17, 15) is 28.8 Å². The number of amides is 5. The van der Waals surface area contributed by atoms with Crippen molar-refractivity contribution in [2.24, 2.45) is 18.9 Å². The molecule has 2 aromatic heterocycles. The van der Waals surface area contributed by atoms with Crippen LogP contribution in [0.15, 0.2) is 59.7 Å². The van der Waals surface area contributed by atoms with Crippen molar-refractivity contribution in [1.82, 2.24) is 34.8 Å². The van der Waals surface area contributed by atoms with E-state index < -0.39 is 29.7 Å². The highest BCUT2D eigenvalue weighted by Gasteiger charge is 2.45. The third kappa shape index (κ3) is 8.40. The molecule has 0 bridgehead atoms. The highest BCUT2D eigenvalue weighted by Crippen LogP contribution is 2.42. The monoisotopic (exact) mass is 904 g/mol. The number of pyridine rings is 1. The van der Waals surface area contributed by atoms with Crippen LogP contribution >= 0.6 is 11.3 Å². The van der Waals surface area contributed by atoms with Gasteiger partial charge in [0.15, 0.2) is 0 Å². The van der Waals surface area contributed by atoms with Crippen molar-refractivity contribution in [2.75, 3.05) is 79.0 Å². The summed E-state index contributed by atoms with van der Waals surface area (Å²) in [5.41, 5.74) is 5.00. The van der Waals surface area contributed by atoms with Gasteiger partial charge in [0.1, 0.15) is 17.5 Å². The number of hydrogen-bond donors (Lipinski definition) is 2. The number of carbonyl (C=O) groups is 5. The number of fused-ring (bicyclic) bond motifs is 3. The van der Waals surface area contributed by atoms with Gasteiger partial charge in [-0.15, -0.1) is 11.3 Å². The summed E-state index contributed by atoms with van der Waals surface area (Å²) in [5, 5.41) is 6.06. The fourth-order valence-electron chi connectivity index (χ4n) is 10.4. The third-order valence-corrected chi connectivity index (χ3v) is 15.0. The maximum absolute atomic E-state index is 13.8. The zero-order valence-electron chi connectivity index (χ0n) is 37.6. The summed E-state index contributed by atoms with van der Waals surface area (Å²) >= 11 is 1.34. The minimum Gasteiger partial charge on any atom is -0.496 e. The van der Waals surface area contributed by atoms with E-state index in [1.54, 1.807) is 44.0 Å². The van der Waals surface area contributed by atoms with Crippen LogP contribution in [0.2, 0.25) is 0 Å². The molecule has 0 radical (unpaired) electrons. The number of methoxy groups -OCH3 is 2. The van der Waals surface area contributed by atoms with E-state index in [2.05, 4.69) is 31.9 Å². The summed E-state index contributed by atoms with van der Waals surface area (Å²) in [6.07, 6.45) is 4.68. The smallest absolute Gasteiger partial charge is 0.262 e. The number of anilines is 1. The van der Waals surface area contributed by atoms with Gasteiger partial charge in [-0.1, -0.05) is 6.58 Å². The number of aryl methyl sites for hydroxylation is 1. The lowest BCUT2D eigenvalue weighted by atomic mass is 10.0. The van der Waals surface area contributed by atoms with Gasteiger partial charge in [0, 0.05) is 99.7 Å². The maximum Gasteiger partial charge on any atom is 0.262 e. The van der Waals surface area contributed by atoms with Crippen LogP contribution < -0.4 is 30.6 Å². The van der Waals surface area contributed by atoms with E-state index in [0.29, 0.717) is 45.7 Å². The molecule has 16 nitrogen and oxygen atoms in total. The van der Waals surface area contributed by atoms with Crippen molar-refractivity contribution in [2.45, 2.75) is 50.7 Å². The molecule has 5 aliphatic rings. The van der Waals surface area contributed by atoms with E-state index in [-0.39, 0.29) is 35.9 Å². The number of thiophene rings is 1. The highest BCUT2D eigenvalue weighted by molar-refractivity contribution is 7.21. The van der Waals surface area contributed by atoms with Crippen molar-refractivity contribution in [3.8, 4) is 22.6 Å². The number of carbonyl (C=O) groups excluding carboxylic acids is 5. The Kier molecular flexibility index (Phi) is 12.1. The van der Waals surface area contributed by atoms with Gasteiger partial charge in [0.2, 0.25) is 11.8 Å². The first-order valence-corrected chi connectivity index (χ1v) is 23.1. The molecule has 5 amide bonds. The van der Waals surface area contributed by atoms with Crippen LogP contribution in [0, 0.1) is 11.8 Å². The van der Waals surface area contributed by atoms with Crippen LogP contribution in [-0.4, -0.2) is 140 Å². The van der Waals surface area contributed by atoms with Gasteiger partial charge >= 0.3 is 0 Å². The third-order valence-electron chi connectivity index (χ3n) is 13.9. The molecule has 65 heavy (non-hydrogen) atoms. The molecule has 3 unspecified atom stereocenters.